The van der Waals surface area contributed by atoms with Crippen LogP contribution in [0.25, 0.3) is 0 Å². The van der Waals surface area contributed by atoms with Crippen molar-refractivity contribution in [3.8, 4) is 11.8 Å². The minimum atomic E-state index is 0.131. The van der Waals surface area contributed by atoms with Crippen LogP contribution in [0.15, 0.2) is 42.6 Å². The van der Waals surface area contributed by atoms with Gasteiger partial charge in [-0.15, -0.1) is 0 Å². The molecule has 1 atom stereocenters. The Hall–Kier alpha value is -2.54. The normalized spacial score (nSPS) is 11.4. The van der Waals surface area contributed by atoms with Crippen LogP contribution in [0.3, 0.4) is 0 Å². The lowest BCUT2D eigenvalue weighted by Gasteiger charge is -2.15. The van der Waals surface area contributed by atoms with E-state index >= 15 is 0 Å². The van der Waals surface area contributed by atoms with Crippen molar-refractivity contribution in [2.24, 2.45) is 0 Å². The Morgan fingerprint density at radius 2 is 1.95 bits per heavy atom. The maximum atomic E-state index is 8.72. The van der Waals surface area contributed by atoms with Crippen molar-refractivity contribution < 1.29 is 4.74 Å². The Morgan fingerprint density at radius 3 is 2.47 bits per heavy atom. The second-order valence-corrected chi connectivity index (χ2v) is 4.18. The molecule has 96 valence electrons. The predicted molar refractivity (Wildman–Crippen MR) is 74.0 cm³/mol. The number of nitrogens with one attached hydrogen (secondary N) is 1. The average molecular weight is 253 g/mol. The van der Waals surface area contributed by atoms with Gasteiger partial charge in [-0.05, 0) is 36.8 Å². The van der Waals surface area contributed by atoms with Crippen LogP contribution in [0, 0.1) is 11.3 Å². The van der Waals surface area contributed by atoms with E-state index in [1.165, 1.54) is 0 Å². The Bertz CT molecular complexity index is 570. The van der Waals surface area contributed by atoms with Crippen LogP contribution in [-0.4, -0.2) is 12.1 Å². The van der Waals surface area contributed by atoms with E-state index in [0.717, 1.165) is 17.1 Å². The number of nitrogens with zero attached hydrogens (tertiary/aromatic N) is 2. The maximum absolute atomic E-state index is 8.72. The number of pyridine rings is 1. The Labute approximate surface area is 112 Å². The van der Waals surface area contributed by atoms with Crippen LogP contribution in [-0.2, 0) is 0 Å². The van der Waals surface area contributed by atoms with Crippen LogP contribution in [0.4, 0.5) is 5.82 Å². The molecule has 4 nitrogen and oxygen atoms in total. The molecule has 0 saturated heterocycles. The molecule has 0 aliphatic carbocycles. The molecular weight excluding hydrogens is 238 g/mol. The monoisotopic (exact) mass is 253 g/mol. The van der Waals surface area contributed by atoms with E-state index in [1.54, 1.807) is 25.4 Å². The molecule has 1 heterocycles. The quantitative estimate of drug-likeness (QED) is 0.909. The first kappa shape index (κ1) is 12.9. The summed E-state index contributed by atoms with van der Waals surface area (Å²) in [5.74, 6) is 1.59. The number of rotatable bonds is 4. The highest BCUT2D eigenvalue weighted by atomic mass is 16.5. The summed E-state index contributed by atoms with van der Waals surface area (Å²) >= 11 is 0. The second-order valence-electron chi connectivity index (χ2n) is 4.18. The molecule has 1 aromatic heterocycles. The zero-order valence-electron chi connectivity index (χ0n) is 10.9. The number of aromatic nitrogens is 1. The Morgan fingerprint density at radius 1 is 1.21 bits per heavy atom. The van der Waals surface area contributed by atoms with Gasteiger partial charge in [0.25, 0.3) is 0 Å². The number of benzene rings is 1. The van der Waals surface area contributed by atoms with Gasteiger partial charge >= 0.3 is 0 Å². The van der Waals surface area contributed by atoms with Crippen LogP contribution in [0.1, 0.15) is 24.1 Å². The van der Waals surface area contributed by atoms with E-state index < -0.39 is 0 Å². The zero-order valence-corrected chi connectivity index (χ0v) is 10.9. The van der Waals surface area contributed by atoms with Gasteiger partial charge in [0.05, 0.1) is 12.7 Å². The molecule has 0 bridgehead atoms. The summed E-state index contributed by atoms with van der Waals surface area (Å²) in [6.07, 6.45) is 1.56. The summed E-state index contributed by atoms with van der Waals surface area (Å²) in [4.78, 5) is 4.19. The van der Waals surface area contributed by atoms with E-state index in [0.29, 0.717) is 5.56 Å². The van der Waals surface area contributed by atoms with Crippen molar-refractivity contribution in [2.45, 2.75) is 13.0 Å². The summed E-state index contributed by atoms with van der Waals surface area (Å²) in [7, 11) is 1.65. The molecule has 0 amide bonds. The van der Waals surface area contributed by atoms with Gasteiger partial charge < -0.3 is 10.1 Å². The molecular formula is C15H15N3O. The van der Waals surface area contributed by atoms with Crippen molar-refractivity contribution in [2.75, 3.05) is 12.4 Å². The number of hydrogen-bond donors (Lipinski definition) is 1. The van der Waals surface area contributed by atoms with Crippen molar-refractivity contribution in [1.29, 1.82) is 5.26 Å². The number of ether oxygens (including phenoxy) is 1. The standard InChI is InChI=1S/C15H15N3O/c1-11(13-4-6-14(19-2)7-5-13)18-15-8-3-12(9-16)10-17-15/h3-8,10-11H,1-2H3,(H,17,18). The Kier molecular flexibility index (Phi) is 3.99. The number of methoxy groups -OCH3 is 1. The van der Waals surface area contributed by atoms with Gasteiger partial charge in [0, 0.05) is 12.2 Å². The van der Waals surface area contributed by atoms with Crippen molar-refractivity contribution >= 4 is 5.82 Å². The van der Waals surface area contributed by atoms with E-state index in [-0.39, 0.29) is 6.04 Å². The van der Waals surface area contributed by atoms with Crippen molar-refractivity contribution in [3.63, 3.8) is 0 Å². The lowest BCUT2D eigenvalue weighted by atomic mass is 10.1. The van der Waals surface area contributed by atoms with E-state index in [4.69, 9.17) is 10.00 Å². The average Bonchev–Trinajstić information content (AvgIpc) is 2.48. The molecule has 0 radical (unpaired) electrons. The molecule has 1 aromatic carbocycles. The molecule has 0 saturated carbocycles. The number of hydrogen-bond acceptors (Lipinski definition) is 4. The molecule has 0 fully saturated rings. The molecule has 2 rings (SSSR count). The van der Waals surface area contributed by atoms with Gasteiger partial charge in [0.15, 0.2) is 0 Å². The first-order chi connectivity index (χ1) is 9.22. The highest BCUT2D eigenvalue weighted by Gasteiger charge is 2.06. The minimum Gasteiger partial charge on any atom is -0.497 e. The molecule has 0 aliphatic rings. The van der Waals surface area contributed by atoms with Gasteiger partial charge in [0.1, 0.15) is 17.6 Å². The van der Waals surface area contributed by atoms with E-state index in [9.17, 15) is 0 Å². The maximum Gasteiger partial charge on any atom is 0.126 e. The van der Waals surface area contributed by atoms with Gasteiger partial charge in [0.2, 0.25) is 0 Å². The summed E-state index contributed by atoms with van der Waals surface area (Å²) in [6, 6.07) is 13.6. The molecule has 0 spiro atoms. The third-order valence-corrected chi connectivity index (χ3v) is 2.87. The summed E-state index contributed by atoms with van der Waals surface area (Å²) < 4.78 is 5.13. The van der Waals surface area contributed by atoms with Crippen LogP contribution in [0.5, 0.6) is 5.75 Å². The van der Waals surface area contributed by atoms with E-state index in [2.05, 4.69) is 17.2 Å². The van der Waals surface area contributed by atoms with Gasteiger partial charge in [-0.25, -0.2) is 4.98 Å². The highest BCUT2D eigenvalue weighted by Crippen LogP contribution is 2.20. The SMILES string of the molecule is COc1ccc(C(C)Nc2ccc(C#N)cn2)cc1. The molecule has 1 N–H and O–H groups in total. The topological polar surface area (TPSA) is 57.9 Å². The third kappa shape index (κ3) is 3.23. The smallest absolute Gasteiger partial charge is 0.126 e. The molecule has 0 aliphatic heterocycles. The first-order valence-corrected chi connectivity index (χ1v) is 5.99. The van der Waals surface area contributed by atoms with E-state index in [1.807, 2.05) is 30.3 Å². The summed E-state index contributed by atoms with van der Waals surface area (Å²) in [5, 5.41) is 12.0. The first-order valence-electron chi connectivity index (χ1n) is 5.99. The fraction of sp³-hybridized carbons (Fsp3) is 0.200. The lowest BCUT2D eigenvalue weighted by molar-refractivity contribution is 0.414. The van der Waals surface area contributed by atoms with Crippen LogP contribution in [0.2, 0.25) is 0 Å². The van der Waals surface area contributed by atoms with Gasteiger partial charge in [-0.1, -0.05) is 12.1 Å². The van der Waals surface area contributed by atoms with Crippen LogP contribution >= 0.6 is 0 Å². The summed E-state index contributed by atoms with van der Waals surface area (Å²) in [6.45, 7) is 2.06. The molecule has 4 heteroatoms. The number of anilines is 1. The van der Waals surface area contributed by atoms with Gasteiger partial charge in [-0.3, -0.25) is 0 Å². The highest BCUT2D eigenvalue weighted by molar-refractivity contribution is 5.42. The number of nitriles is 1. The van der Waals surface area contributed by atoms with Crippen LogP contribution < -0.4 is 10.1 Å². The van der Waals surface area contributed by atoms with Gasteiger partial charge in [-0.2, -0.15) is 5.26 Å². The fourth-order valence-electron chi connectivity index (χ4n) is 1.74. The largest absolute Gasteiger partial charge is 0.497 e. The second kappa shape index (κ2) is 5.87. The predicted octanol–water partition coefficient (Wildman–Crippen LogP) is 3.13. The molecule has 19 heavy (non-hydrogen) atoms. The molecule has 1 unspecified atom stereocenters. The van der Waals surface area contributed by atoms with Crippen molar-refractivity contribution in [1.82, 2.24) is 4.98 Å². The third-order valence-electron chi connectivity index (χ3n) is 2.87. The van der Waals surface area contributed by atoms with Crippen molar-refractivity contribution in [3.05, 3.63) is 53.7 Å². The lowest BCUT2D eigenvalue weighted by Crippen LogP contribution is -2.07. The fourth-order valence-corrected chi connectivity index (χ4v) is 1.74. The Balaban J connectivity index is 2.06. The summed E-state index contributed by atoms with van der Waals surface area (Å²) in [5.41, 5.74) is 1.70. The minimum absolute atomic E-state index is 0.131. The zero-order chi connectivity index (χ0) is 13.7. The molecule has 2 aromatic rings.